The van der Waals surface area contributed by atoms with Crippen LogP contribution in [-0.4, -0.2) is 24.2 Å². The molecule has 1 aromatic carbocycles. The summed E-state index contributed by atoms with van der Waals surface area (Å²) in [6.45, 7) is 0. The lowest BCUT2D eigenvalue weighted by Crippen LogP contribution is -2.37. The van der Waals surface area contributed by atoms with Crippen molar-refractivity contribution in [2.75, 3.05) is 0 Å². The van der Waals surface area contributed by atoms with Gasteiger partial charge in [-0.15, -0.1) is 0 Å². The standard InChI is InChI=1S/C11H12BrClN2O4S/c12-8-2-1-3-10(8)14-20(18,19)11-5-4-7(15(16)17)6-9(11)13/h4-6,8,10,14H,1-3H2. The first-order valence-electron chi connectivity index (χ1n) is 5.91. The second-order valence-corrected chi connectivity index (χ2v) is 7.81. The predicted molar refractivity (Wildman–Crippen MR) is 78.8 cm³/mol. The third-order valence-electron chi connectivity index (χ3n) is 3.15. The third-order valence-corrected chi connectivity index (χ3v) is 6.22. The number of hydrogen-bond acceptors (Lipinski definition) is 4. The molecule has 0 radical (unpaired) electrons. The van der Waals surface area contributed by atoms with Crippen molar-refractivity contribution in [2.24, 2.45) is 0 Å². The van der Waals surface area contributed by atoms with Crippen molar-refractivity contribution in [3.63, 3.8) is 0 Å². The van der Waals surface area contributed by atoms with Crippen molar-refractivity contribution >= 4 is 43.2 Å². The molecule has 2 rings (SSSR count). The van der Waals surface area contributed by atoms with Gasteiger partial charge in [-0.3, -0.25) is 10.1 Å². The van der Waals surface area contributed by atoms with Gasteiger partial charge in [-0.1, -0.05) is 34.0 Å². The van der Waals surface area contributed by atoms with Crippen LogP contribution in [-0.2, 0) is 10.0 Å². The van der Waals surface area contributed by atoms with E-state index in [4.69, 9.17) is 11.6 Å². The van der Waals surface area contributed by atoms with E-state index in [1.807, 2.05) is 0 Å². The lowest BCUT2D eigenvalue weighted by Gasteiger charge is -2.16. The average Bonchev–Trinajstić information content (AvgIpc) is 2.73. The minimum absolute atomic E-state index is 0.0918. The van der Waals surface area contributed by atoms with Gasteiger partial charge in [0.15, 0.2) is 0 Å². The Morgan fingerprint density at radius 1 is 1.40 bits per heavy atom. The summed E-state index contributed by atoms with van der Waals surface area (Å²) in [5.74, 6) is 0. The van der Waals surface area contributed by atoms with E-state index in [1.165, 1.54) is 0 Å². The molecule has 2 unspecified atom stereocenters. The second kappa shape index (κ2) is 5.97. The number of nitro groups is 1. The van der Waals surface area contributed by atoms with Gasteiger partial charge in [-0.25, -0.2) is 13.1 Å². The molecule has 0 aliphatic heterocycles. The Hall–Kier alpha value is -0.700. The summed E-state index contributed by atoms with van der Waals surface area (Å²) in [7, 11) is -3.78. The van der Waals surface area contributed by atoms with Crippen LogP contribution >= 0.6 is 27.5 Å². The zero-order chi connectivity index (χ0) is 14.9. The summed E-state index contributed by atoms with van der Waals surface area (Å²) >= 11 is 9.27. The Balaban J connectivity index is 2.27. The van der Waals surface area contributed by atoms with Crippen molar-refractivity contribution in [3.8, 4) is 0 Å². The molecule has 1 N–H and O–H groups in total. The van der Waals surface area contributed by atoms with Crippen LogP contribution < -0.4 is 4.72 Å². The summed E-state index contributed by atoms with van der Waals surface area (Å²) in [5.41, 5.74) is -0.242. The highest BCUT2D eigenvalue weighted by atomic mass is 79.9. The first-order chi connectivity index (χ1) is 9.31. The maximum atomic E-state index is 12.2. The molecule has 1 saturated carbocycles. The fraction of sp³-hybridized carbons (Fsp3) is 0.455. The molecule has 0 saturated heterocycles. The number of nitrogens with one attached hydrogen (secondary N) is 1. The number of halogens is 2. The zero-order valence-electron chi connectivity index (χ0n) is 10.3. The Bertz CT molecular complexity index is 637. The van der Waals surface area contributed by atoms with Crippen molar-refractivity contribution in [2.45, 2.75) is 35.0 Å². The molecule has 0 aromatic heterocycles. The zero-order valence-corrected chi connectivity index (χ0v) is 13.4. The van der Waals surface area contributed by atoms with Crippen LogP contribution in [0.4, 0.5) is 5.69 Å². The van der Waals surface area contributed by atoms with Crippen molar-refractivity contribution < 1.29 is 13.3 Å². The average molecular weight is 384 g/mol. The lowest BCUT2D eigenvalue weighted by molar-refractivity contribution is -0.384. The highest BCUT2D eigenvalue weighted by molar-refractivity contribution is 9.09. The quantitative estimate of drug-likeness (QED) is 0.492. The van der Waals surface area contributed by atoms with E-state index in [1.54, 1.807) is 0 Å². The van der Waals surface area contributed by atoms with E-state index >= 15 is 0 Å². The van der Waals surface area contributed by atoms with Gasteiger partial charge in [-0.2, -0.15) is 0 Å². The van der Waals surface area contributed by atoms with Gasteiger partial charge in [0.1, 0.15) is 4.90 Å². The second-order valence-electron chi connectivity index (χ2n) is 4.55. The van der Waals surface area contributed by atoms with Crippen LogP contribution in [0.3, 0.4) is 0 Å². The van der Waals surface area contributed by atoms with Gasteiger partial charge in [0.2, 0.25) is 10.0 Å². The highest BCUT2D eigenvalue weighted by Crippen LogP contribution is 2.30. The molecular weight excluding hydrogens is 372 g/mol. The monoisotopic (exact) mass is 382 g/mol. The van der Waals surface area contributed by atoms with E-state index in [0.29, 0.717) is 0 Å². The molecule has 2 atom stereocenters. The Morgan fingerprint density at radius 3 is 2.60 bits per heavy atom. The maximum absolute atomic E-state index is 12.2. The van der Waals surface area contributed by atoms with Crippen molar-refractivity contribution in [1.29, 1.82) is 0 Å². The summed E-state index contributed by atoms with van der Waals surface area (Å²) in [6.07, 6.45) is 2.60. The molecule has 1 fully saturated rings. The topological polar surface area (TPSA) is 89.3 Å². The Morgan fingerprint density at radius 2 is 2.10 bits per heavy atom. The molecule has 9 heteroatoms. The van der Waals surface area contributed by atoms with Gasteiger partial charge in [0, 0.05) is 23.0 Å². The Kier molecular flexibility index (Phi) is 4.68. The molecule has 0 amide bonds. The number of benzene rings is 1. The van der Waals surface area contributed by atoms with Crippen LogP contribution in [0.15, 0.2) is 23.1 Å². The number of sulfonamides is 1. The van der Waals surface area contributed by atoms with Gasteiger partial charge in [0.05, 0.1) is 9.95 Å². The van der Waals surface area contributed by atoms with E-state index < -0.39 is 14.9 Å². The van der Waals surface area contributed by atoms with Crippen molar-refractivity contribution in [1.82, 2.24) is 4.72 Å². The number of nitrogens with zero attached hydrogens (tertiary/aromatic N) is 1. The SMILES string of the molecule is O=[N+]([O-])c1ccc(S(=O)(=O)NC2CCCC2Br)c(Cl)c1. The summed E-state index contributed by atoms with van der Waals surface area (Å²) < 4.78 is 27.1. The molecule has 0 spiro atoms. The number of non-ortho nitro benzene ring substituents is 1. The van der Waals surface area contributed by atoms with Gasteiger partial charge < -0.3 is 0 Å². The number of rotatable bonds is 4. The largest absolute Gasteiger partial charge is 0.271 e. The van der Waals surface area contributed by atoms with E-state index in [0.717, 1.165) is 37.5 Å². The van der Waals surface area contributed by atoms with E-state index in [2.05, 4.69) is 20.7 Å². The predicted octanol–water partition coefficient (Wildman–Crippen LogP) is 2.84. The number of alkyl halides is 1. The smallest absolute Gasteiger partial charge is 0.258 e. The molecule has 1 aromatic rings. The third kappa shape index (κ3) is 3.30. The molecule has 20 heavy (non-hydrogen) atoms. The summed E-state index contributed by atoms with van der Waals surface area (Å²) in [6, 6.07) is 3.13. The fourth-order valence-electron chi connectivity index (χ4n) is 2.13. The molecule has 0 bridgehead atoms. The van der Waals surface area contributed by atoms with Gasteiger partial charge in [0.25, 0.3) is 5.69 Å². The van der Waals surface area contributed by atoms with E-state index in [9.17, 15) is 18.5 Å². The van der Waals surface area contributed by atoms with Gasteiger partial charge in [-0.05, 0) is 18.9 Å². The lowest BCUT2D eigenvalue weighted by atomic mass is 10.3. The normalized spacial score (nSPS) is 22.9. The first-order valence-corrected chi connectivity index (χ1v) is 8.69. The summed E-state index contributed by atoms with van der Waals surface area (Å²) in [5, 5.41) is 10.5. The molecule has 1 aliphatic rings. The van der Waals surface area contributed by atoms with E-state index in [-0.39, 0.29) is 26.5 Å². The molecule has 0 heterocycles. The van der Waals surface area contributed by atoms with Crippen LogP contribution in [0.25, 0.3) is 0 Å². The molecule has 1 aliphatic carbocycles. The summed E-state index contributed by atoms with van der Waals surface area (Å²) in [4.78, 5) is 9.94. The molecule has 6 nitrogen and oxygen atoms in total. The fourth-order valence-corrected chi connectivity index (χ4v) is 4.88. The van der Waals surface area contributed by atoms with Crippen LogP contribution in [0.1, 0.15) is 19.3 Å². The van der Waals surface area contributed by atoms with Crippen LogP contribution in [0.2, 0.25) is 5.02 Å². The maximum Gasteiger partial charge on any atom is 0.271 e. The minimum Gasteiger partial charge on any atom is -0.258 e. The first kappa shape index (κ1) is 15.7. The number of hydrogen-bond donors (Lipinski definition) is 1. The highest BCUT2D eigenvalue weighted by Gasteiger charge is 2.30. The van der Waals surface area contributed by atoms with Crippen molar-refractivity contribution in [3.05, 3.63) is 33.3 Å². The van der Waals surface area contributed by atoms with Crippen LogP contribution in [0, 0.1) is 10.1 Å². The molecule has 110 valence electrons. The number of nitro benzene ring substituents is 1. The minimum atomic E-state index is -3.78. The Labute approximate surface area is 129 Å². The molecular formula is C11H12BrClN2O4S. The van der Waals surface area contributed by atoms with Gasteiger partial charge >= 0.3 is 0 Å². The van der Waals surface area contributed by atoms with Crippen LogP contribution in [0.5, 0.6) is 0 Å².